The lowest BCUT2D eigenvalue weighted by atomic mass is 9.44. The van der Waals surface area contributed by atoms with Crippen molar-refractivity contribution in [3.8, 4) is 5.75 Å². The summed E-state index contributed by atoms with van der Waals surface area (Å²) in [5.74, 6) is 6.48. The maximum atomic E-state index is 12.1. The molecule has 9 atom stereocenters. The highest BCUT2D eigenvalue weighted by molar-refractivity contribution is 5.67. The van der Waals surface area contributed by atoms with E-state index in [4.69, 9.17) is 9.47 Å². The Morgan fingerprint density at radius 1 is 0.975 bits per heavy atom. The smallest absolute Gasteiger partial charge is 0.303 e. The van der Waals surface area contributed by atoms with E-state index < -0.39 is 0 Å². The van der Waals surface area contributed by atoms with Gasteiger partial charge in [0, 0.05) is 6.92 Å². The molecule has 0 aliphatic heterocycles. The molecule has 1 aromatic rings. The molecule has 0 radical (unpaired) electrons. The molecule has 3 nitrogen and oxygen atoms in total. The summed E-state index contributed by atoms with van der Waals surface area (Å²) in [7, 11) is 1.71. The molecule has 4 aliphatic carbocycles. The van der Waals surface area contributed by atoms with Crippen LogP contribution in [-0.2, 0) is 9.53 Å². The molecule has 0 aromatic heterocycles. The fraction of sp³-hybridized carbons (Fsp3) is 0.757. The summed E-state index contributed by atoms with van der Waals surface area (Å²) in [6.45, 7) is 14.2. The molecular weight excluding hydrogens is 492 g/mol. The third-order valence-electron chi connectivity index (χ3n) is 12.5. The molecule has 1 aromatic carbocycles. The lowest BCUT2D eigenvalue weighted by Gasteiger charge is -2.61. The van der Waals surface area contributed by atoms with Crippen molar-refractivity contribution in [1.82, 2.24) is 0 Å². The Balaban J connectivity index is 1.36. The number of carbonyl (C=O) groups is 1. The van der Waals surface area contributed by atoms with Crippen molar-refractivity contribution in [3.63, 3.8) is 0 Å². The summed E-state index contributed by atoms with van der Waals surface area (Å²) < 4.78 is 11.4. The van der Waals surface area contributed by atoms with Crippen LogP contribution in [0.2, 0.25) is 0 Å². The van der Waals surface area contributed by atoms with Crippen LogP contribution in [-0.4, -0.2) is 19.2 Å². The van der Waals surface area contributed by atoms with Gasteiger partial charge in [-0.25, -0.2) is 0 Å². The zero-order valence-corrected chi connectivity index (χ0v) is 26.5. The molecule has 3 heteroatoms. The van der Waals surface area contributed by atoms with Gasteiger partial charge in [-0.1, -0.05) is 72.1 Å². The molecule has 0 bridgehead atoms. The van der Waals surface area contributed by atoms with Gasteiger partial charge in [-0.2, -0.15) is 0 Å². The Labute approximate surface area is 244 Å². The molecule has 0 spiro atoms. The highest BCUT2D eigenvalue weighted by atomic mass is 16.5. The van der Waals surface area contributed by atoms with E-state index in [0.29, 0.717) is 16.7 Å². The number of carbonyl (C=O) groups excluding carboxylic acids is 1. The van der Waals surface area contributed by atoms with E-state index in [-0.39, 0.29) is 12.1 Å². The van der Waals surface area contributed by atoms with E-state index in [2.05, 4.69) is 52.8 Å². The first-order valence-electron chi connectivity index (χ1n) is 16.6. The van der Waals surface area contributed by atoms with Crippen LogP contribution in [0.5, 0.6) is 5.75 Å². The first kappa shape index (κ1) is 29.7. The van der Waals surface area contributed by atoms with Crippen LogP contribution in [0.15, 0.2) is 29.8 Å². The second kappa shape index (κ2) is 11.8. The van der Waals surface area contributed by atoms with Gasteiger partial charge in [-0.3, -0.25) is 4.79 Å². The zero-order valence-electron chi connectivity index (χ0n) is 26.5. The number of esters is 1. The van der Waals surface area contributed by atoms with Crippen LogP contribution >= 0.6 is 0 Å². The molecule has 5 rings (SSSR count). The summed E-state index contributed by atoms with van der Waals surface area (Å²) in [4.78, 5) is 12.1. The van der Waals surface area contributed by atoms with Crippen molar-refractivity contribution >= 4 is 12.0 Å². The summed E-state index contributed by atoms with van der Waals surface area (Å²) in [6, 6.07) is 8.31. The molecule has 0 unspecified atom stereocenters. The first-order chi connectivity index (χ1) is 19.0. The molecule has 0 amide bonds. The average Bonchev–Trinajstić information content (AvgIpc) is 3.26. The summed E-state index contributed by atoms with van der Waals surface area (Å²) in [5, 5.41) is 0. The van der Waals surface area contributed by atoms with Crippen LogP contribution in [0.1, 0.15) is 118 Å². The predicted octanol–water partition coefficient (Wildman–Crippen LogP) is 9.74. The van der Waals surface area contributed by atoms with E-state index >= 15 is 0 Å². The van der Waals surface area contributed by atoms with Gasteiger partial charge in [0.05, 0.1) is 7.11 Å². The van der Waals surface area contributed by atoms with Gasteiger partial charge >= 0.3 is 5.97 Å². The molecule has 4 saturated carbocycles. The second-order valence-electron chi connectivity index (χ2n) is 15.2. The Bertz CT molecular complexity index is 1060. The molecule has 222 valence electrons. The molecule has 0 saturated heterocycles. The normalized spacial score (nSPS) is 38.9. The number of rotatable bonds is 8. The lowest BCUT2D eigenvalue weighted by Crippen LogP contribution is -2.54. The van der Waals surface area contributed by atoms with Crippen LogP contribution in [0, 0.1) is 52.3 Å². The Kier molecular flexibility index (Phi) is 8.80. The van der Waals surface area contributed by atoms with Crippen molar-refractivity contribution in [1.29, 1.82) is 0 Å². The number of ether oxygens (including phenoxy) is 2. The van der Waals surface area contributed by atoms with Gasteiger partial charge in [0.15, 0.2) is 0 Å². The number of fused-ring (bicyclic) bond motifs is 5. The van der Waals surface area contributed by atoms with Gasteiger partial charge in [-0.05, 0) is 127 Å². The van der Waals surface area contributed by atoms with Crippen molar-refractivity contribution in [3.05, 3.63) is 35.4 Å². The van der Waals surface area contributed by atoms with Crippen LogP contribution in [0.3, 0.4) is 0 Å². The topological polar surface area (TPSA) is 35.5 Å². The van der Waals surface area contributed by atoms with E-state index in [1.165, 1.54) is 68.9 Å². The maximum Gasteiger partial charge on any atom is 0.303 e. The minimum Gasteiger partial charge on any atom is -0.497 e. The predicted molar refractivity (Wildman–Crippen MR) is 165 cm³/mol. The number of benzene rings is 1. The average molecular weight is 549 g/mol. The summed E-state index contributed by atoms with van der Waals surface area (Å²) >= 11 is 0. The number of hydrogen-bond acceptors (Lipinski definition) is 3. The second-order valence-corrected chi connectivity index (χ2v) is 15.2. The highest BCUT2D eigenvalue weighted by Gasteiger charge is 2.61. The van der Waals surface area contributed by atoms with E-state index in [0.717, 1.165) is 54.1 Å². The SMILES string of the molecule is COc1ccc(/C=C2/C[C@@]3(C)[C@@H](CC[C@H]4[C@H]5CC[C@H]([C@H](C)CCCC(C)C)[C@]5(C)CC[C@H]43)C[C@@H]2OC(C)=O)cc1. The van der Waals surface area contributed by atoms with Crippen LogP contribution < -0.4 is 4.74 Å². The largest absolute Gasteiger partial charge is 0.497 e. The van der Waals surface area contributed by atoms with Gasteiger partial charge in [0.1, 0.15) is 11.9 Å². The molecule has 40 heavy (non-hydrogen) atoms. The van der Waals surface area contributed by atoms with Crippen LogP contribution in [0.25, 0.3) is 6.08 Å². The molecule has 4 aliphatic rings. The van der Waals surface area contributed by atoms with Crippen molar-refractivity contribution in [2.24, 2.45) is 52.3 Å². The molecular formula is C37H56O3. The number of hydrogen-bond donors (Lipinski definition) is 0. The summed E-state index contributed by atoms with van der Waals surface area (Å²) in [6.07, 6.45) is 16.8. The molecule has 0 N–H and O–H groups in total. The lowest BCUT2D eigenvalue weighted by molar-refractivity contribution is -0.153. The van der Waals surface area contributed by atoms with Crippen LogP contribution in [0.4, 0.5) is 0 Å². The first-order valence-corrected chi connectivity index (χ1v) is 16.6. The third kappa shape index (κ3) is 5.65. The Hall–Kier alpha value is -1.77. The number of methoxy groups -OCH3 is 1. The zero-order chi connectivity index (χ0) is 28.7. The quantitative estimate of drug-likeness (QED) is 0.303. The third-order valence-corrected chi connectivity index (χ3v) is 12.5. The minimum atomic E-state index is -0.157. The maximum absolute atomic E-state index is 12.1. The van der Waals surface area contributed by atoms with Crippen molar-refractivity contribution in [2.75, 3.05) is 7.11 Å². The van der Waals surface area contributed by atoms with Gasteiger partial charge in [0.25, 0.3) is 0 Å². The van der Waals surface area contributed by atoms with Gasteiger partial charge < -0.3 is 9.47 Å². The van der Waals surface area contributed by atoms with E-state index in [9.17, 15) is 4.79 Å². The Morgan fingerprint density at radius 3 is 2.38 bits per heavy atom. The summed E-state index contributed by atoms with van der Waals surface area (Å²) in [5.41, 5.74) is 3.30. The van der Waals surface area contributed by atoms with Gasteiger partial charge in [0.2, 0.25) is 0 Å². The standard InChI is InChI=1S/C37H56O3/c1-24(2)9-8-10-25(3)32-17-18-33-31-16-13-29-22-35(40-26(4)38)28(21-27-11-14-30(39-7)15-12-27)23-37(29,6)34(31)19-20-36(32,33)5/h11-12,14-15,21,24-25,29,31-35H,8-10,13,16-20,22-23H2,1-7H3/b28-21-/t25-,29+,31+,32-,33-,34-,35+,36+,37+/m1/s1. The van der Waals surface area contributed by atoms with E-state index in [1.54, 1.807) is 14.0 Å². The van der Waals surface area contributed by atoms with E-state index in [1.807, 2.05) is 12.1 Å². The fourth-order valence-electron chi connectivity index (χ4n) is 10.6. The van der Waals surface area contributed by atoms with Crippen molar-refractivity contribution < 1.29 is 14.3 Å². The molecule has 0 heterocycles. The molecule has 4 fully saturated rings. The Morgan fingerprint density at radius 2 is 1.70 bits per heavy atom. The monoisotopic (exact) mass is 548 g/mol. The van der Waals surface area contributed by atoms with Crippen molar-refractivity contribution in [2.45, 2.75) is 118 Å². The fourth-order valence-corrected chi connectivity index (χ4v) is 10.6. The van der Waals surface area contributed by atoms with Gasteiger partial charge in [-0.15, -0.1) is 0 Å². The highest BCUT2D eigenvalue weighted by Crippen LogP contribution is 2.69. The minimum absolute atomic E-state index is 0.0920.